The number of nitrogens with zero attached hydrogens (tertiary/aromatic N) is 2. The van der Waals surface area contributed by atoms with Gasteiger partial charge in [-0.25, -0.2) is 4.79 Å². The quantitative estimate of drug-likeness (QED) is 0.298. The Morgan fingerprint density at radius 1 is 0.872 bits per heavy atom. The molecule has 1 heterocycles. The van der Waals surface area contributed by atoms with E-state index < -0.39 is 44.8 Å². The molecule has 1 aromatic heterocycles. The van der Waals surface area contributed by atoms with Crippen LogP contribution in [0.4, 0.5) is 5.69 Å². The highest BCUT2D eigenvalue weighted by Crippen LogP contribution is 2.32. The summed E-state index contributed by atoms with van der Waals surface area (Å²) in [6, 6.07) is 18.1. The van der Waals surface area contributed by atoms with Crippen LogP contribution >= 0.6 is 0 Å². The molecule has 1 N–H and O–H groups in total. The van der Waals surface area contributed by atoms with Crippen LogP contribution in [-0.4, -0.2) is 45.8 Å². The van der Waals surface area contributed by atoms with E-state index >= 15 is 0 Å². The molecule has 0 unspecified atom stereocenters. The normalized spacial score (nSPS) is 12.1. The lowest BCUT2D eigenvalue weighted by Crippen LogP contribution is -2.46. The van der Waals surface area contributed by atoms with Gasteiger partial charge in [-0.15, -0.1) is 3.71 Å². The van der Waals surface area contributed by atoms with Gasteiger partial charge in [0.2, 0.25) is 0 Å². The molecule has 0 radical (unpaired) electrons. The number of carboxylic acid groups (broad SMARTS) is 1. The molecule has 0 aliphatic heterocycles. The number of sulfonamides is 1. The van der Waals surface area contributed by atoms with Gasteiger partial charge in [0.05, 0.1) is 22.6 Å². The van der Waals surface area contributed by atoms with Crippen LogP contribution in [0.1, 0.15) is 17.5 Å². The first-order valence-corrected chi connectivity index (χ1v) is 14.6. The minimum absolute atomic E-state index is 0.129. The van der Waals surface area contributed by atoms with Crippen LogP contribution in [0, 0.1) is 13.8 Å². The molecule has 0 saturated carbocycles. The Morgan fingerprint density at radius 3 is 2.05 bits per heavy atom. The topological polar surface area (TPSA) is 142 Å². The maximum absolute atomic E-state index is 13.8. The summed E-state index contributed by atoms with van der Waals surface area (Å²) in [5.41, 5.74) is 1.83. The second-order valence-corrected chi connectivity index (χ2v) is 12.9. The summed E-state index contributed by atoms with van der Waals surface area (Å²) in [6.45, 7) is 3.20. The van der Waals surface area contributed by atoms with Crippen LogP contribution in [0.5, 0.6) is 0 Å². The average molecular weight is 571 g/mol. The van der Waals surface area contributed by atoms with Crippen LogP contribution in [-0.2, 0) is 25.0 Å². The van der Waals surface area contributed by atoms with E-state index in [-0.39, 0.29) is 30.8 Å². The van der Waals surface area contributed by atoms with E-state index in [1.54, 1.807) is 19.1 Å². The third-order valence-corrected chi connectivity index (χ3v) is 10.3. The monoisotopic (exact) mass is 570 g/mol. The number of carbonyl (C=O) groups is 1. The van der Waals surface area contributed by atoms with Crippen molar-refractivity contribution < 1.29 is 31.2 Å². The second-order valence-electron chi connectivity index (χ2n) is 9.02. The average Bonchev–Trinajstić information content (AvgIpc) is 2.87. The molecule has 0 saturated heterocycles. The van der Waals surface area contributed by atoms with Gasteiger partial charge in [0.1, 0.15) is 5.58 Å². The van der Waals surface area contributed by atoms with E-state index in [2.05, 4.69) is 0 Å². The molecule has 4 rings (SSSR count). The Labute approximate surface area is 226 Å². The van der Waals surface area contributed by atoms with Gasteiger partial charge in [-0.3, -0.25) is 4.79 Å². The van der Waals surface area contributed by atoms with E-state index in [4.69, 9.17) is 9.52 Å². The highest BCUT2D eigenvalue weighted by atomic mass is 32.3. The first-order chi connectivity index (χ1) is 18.3. The number of rotatable bonds is 9. The number of aryl methyl sites for hydroxylation is 2. The van der Waals surface area contributed by atoms with E-state index in [1.807, 2.05) is 19.1 Å². The summed E-state index contributed by atoms with van der Waals surface area (Å²) in [5.74, 6) is -1.24. The lowest BCUT2D eigenvalue weighted by Gasteiger charge is -2.28. The largest absolute Gasteiger partial charge is 0.481 e. The molecule has 12 heteroatoms. The number of benzene rings is 3. The fourth-order valence-corrected chi connectivity index (χ4v) is 7.47. The van der Waals surface area contributed by atoms with Crippen LogP contribution in [0.25, 0.3) is 22.1 Å². The minimum Gasteiger partial charge on any atom is -0.481 e. The summed E-state index contributed by atoms with van der Waals surface area (Å²) >= 11 is 0. The van der Waals surface area contributed by atoms with Crippen LogP contribution in [0.2, 0.25) is 0 Å². The van der Waals surface area contributed by atoms with Crippen molar-refractivity contribution in [3.63, 3.8) is 0 Å². The molecule has 0 fully saturated rings. The Hall–Kier alpha value is -4.00. The molecular weight excluding hydrogens is 544 g/mol. The summed E-state index contributed by atoms with van der Waals surface area (Å²) in [4.78, 5) is 23.5. The van der Waals surface area contributed by atoms with Crippen molar-refractivity contribution in [3.8, 4) is 11.1 Å². The molecule has 39 heavy (non-hydrogen) atoms. The van der Waals surface area contributed by atoms with Gasteiger partial charge in [-0.2, -0.15) is 21.1 Å². The molecule has 204 valence electrons. The lowest BCUT2D eigenvalue weighted by molar-refractivity contribution is -0.137. The predicted octanol–water partition coefficient (Wildman–Crippen LogP) is 3.92. The zero-order valence-corrected chi connectivity index (χ0v) is 23.0. The van der Waals surface area contributed by atoms with Crippen molar-refractivity contribution in [2.75, 3.05) is 17.3 Å². The smallest absolute Gasteiger partial charge is 0.344 e. The maximum Gasteiger partial charge on any atom is 0.344 e. The maximum atomic E-state index is 13.8. The third kappa shape index (κ3) is 5.72. The third-order valence-electron chi connectivity index (χ3n) is 6.07. The summed E-state index contributed by atoms with van der Waals surface area (Å²) < 4.78 is 61.2. The van der Waals surface area contributed by atoms with Crippen molar-refractivity contribution in [3.05, 3.63) is 94.3 Å². The number of fused-ring (bicyclic) bond motifs is 1. The predicted molar refractivity (Wildman–Crippen MR) is 147 cm³/mol. The van der Waals surface area contributed by atoms with E-state index in [1.165, 1.54) is 48.5 Å². The number of hydrogen-bond acceptors (Lipinski definition) is 7. The summed E-state index contributed by atoms with van der Waals surface area (Å²) in [5, 5.41) is 9.32. The van der Waals surface area contributed by atoms with Crippen LogP contribution < -0.4 is 9.34 Å². The first-order valence-electron chi connectivity index (χ1n) is 11.8. The molecule has 10 nitrogen and oxygen atoms in total. The van der Waals surface area contributed by atoms with Gasteiger partial charge in [0, 0.05) is 19.0 Å². The van der Waals surface area contributed by atoms with Gasteiger partial charge in [0.15, 0.2) is 0 Å². The summed E-state index contributed by atoms with van der Waals surface area (Å²) in [7, 11) is -8.38. The molecule has 4 aromatic rings. The number of aliphatic carboxylic acids is 1. The second kappa shape index (κ2) is 10.6. The molecule has 0 spiro atoms. The van der Waals surface area contributed by atoms with Crippen LogP contribution in [0.15, 0.2) is 86.9 Å². The van der Waals surface area contributed by atoms with Crippen LogP contribution in [0.3, 0.4) is 0 Å². The van der Waals surface area contributed by atoms with Gasteiger partial charge in [-0.05, 0) is 55.8 Å². The van der Waals surface area contributed by atoms with Crippen molar-refractivity contribution in [1.29, 1.82) is 0 Å². The zero-order valence-electron chi connectivity index (χ0n) is 21.4. The Kier molecular flexibility index (Phi) is 7.64. The minimum atomic E-state index is -4.79. The SMILES string of the molecule is Cc1ccc(-c2cc3cc(N(S(=O)(=O)c4ccc(C)cc4)S(=O)(=O)N(C)CCC(=O)O)ccc3oc2=O)cc1. The van der Waals surface area contributed by atoms with Crippen molar-refractivity contribution in [2.45, 2.75) is 25.2 Å². The molecule has 0 atom stereocenters. The fraction of sp³-hybridized carbons (Fsp3) is 0.185. The van der Waals surface area contributed by atoms with Crippen molar-refractivity contribution >= 4 is 42.9 Å². The Morgan fingerprint density at radius 2 is 1.46 bits per heavy atom. The van der Waals surface area contributed by atoms with Gasteiger partial charge >= 0.3 is 21.8 Å². The summed E-state index contributed by atoms with van der Waals surface area (Å²) in [6.07, 6.45) is -0.531. The Bertz CT molecular complexity index is 1810. The van der Waals surface area contributed by atoms with Gasteiger partial charge in [-0.1, -0.05) is 47.5 Å². The molecule has 0 amide bonds. The lowest BCUT2D eigenvalue weighted by atomic mass is 10.0. The highest BCUT2D eigenvalue weighted by Gasteiger charge is 2.38. The first kappa shape index (κ1) is 28.0. The number of anilines is 1. The number of carboxylic acids is 1. The van der Waals surface area contributed by atoms with E-state index in [9.17, 15) is 26.4 Å². The molecule has 0 aliphatic rings. The van der Waals surface area contributed by atoms with Crippen molar-refractivity contribution in [2.24, 2.45) is 0 Å². The van der Waals surface area contributed by atoms with Crippen molar-refractivity contribution in [1.82, 2.24) is 4.31 Å². The highest BCUT2D eigenvalue weighted by molar-refractivity contribution is 8.09. The zero-order chi connectivity index (χ0) is 28.5. The number of hydrogen-bond donors (Lipinski definition) is 1. The fourth-order valence-electron chi connectivity index (χ4n) is 3.86. The molecule has 3 aromatic carbocycles. The standard InChI is InChI=1S/C27H26N2O8S2/c1-18-4-8-20(9-5-18)24-17-21-16-22(10-13-25(21)37-27(24)32)29(39(35,36)28(3)15-14-26(30)31)38(33,34)23-11-6-19(2)7-12-23/h4-13,16-17H,14-15H2,1-3H3,(H,30,31). The van der Waals surface area contributed by atoms with E-state index in [0.717, 1.165) is 18.2 Å². The van der Waals surface area contributed by atoms with E-state index in [0.29, 0.717) is 9.87 Å². The Balaban J connectivity index is 1.92. The molecule has 0 aliphatic carbocycles. The van der Waals surface area contributed by atoms with Gasteiger partial charge in [0.25, 0.3) is 10.0 Å². The van der Waals surface area contributed by atoms with Gasteiger partial charge < -0.3 is 9.52 Å². The molecule has 0 bridgehead atoms. The molecular formula is C27H26N2O8S2.